The molecule has 1 aromatic rings. The molecule has 8 heteroatoms. The topological polar surface area (TPSA) is 113 Å². The summed E-state index contributed by atoms with van der Waals surface area (Å²) in [4.78, 5) is 12.5. The summed E-state index contributed by atoms with van der Waals surface area (Å²) in [7, 11) is 0. The van der Waals surface area contributed by atoms with Crippen LogP contribution in [0.1, 0.15) is 49.0 Å². The molecule has 0 radical (unpaired) electrons. The second-order valence-electron chi connectivity index (χ2n) is 4.71. The summed E-state index contributed by atoms with van der Waals surface area (Å²) in [6, 6.07) is 0. The molecule has 100 valence electrons. The molecule has 1 heterocycles. The minimum absolute atomic E-state index is 0.0700. The molecule has 0 spiro atoms. The van der Waals surface area contributed by atoms with Crippen LogP contribution in [0.25, 0.3) is 0 Å². The second-order valence-corrected chi connectivity index (χ2v) is 5.46. The summed E-state index contributed by atoms with van der Waals surface area (Å²) in [5.74, 6) is -0.291. The normalized spacial score (nSPS) is 12.8. The van der Waals surface area contributed by atoms with Crippen LogP contribution in [0.2, 0.25) is 0 Å². The van der Waals surface area contributed by atoms with E-state index in [1.807, 2.05) is 13.8 Å². The van der Waals surface area contributed by atoms with Crippen molar-refractivity contribution in [3.05, 3.63) is 10.6 Å². The van der Waals surface area contributed by atoms with Crippen LogP contribution in [0.4, 0.5) is 0 Å². The number of amides is 1. The third-order valence-corrected chi connectivity index (χ3v) is 3.18. The van der Waals surface area contributed by atoms with Crippen molar-refractivity contribution in [1.82, 2.24) is 14.9 Å². The van der Waals surface area contributed by atoms with E-state index in [-0.39, 0.29) is 17.7 Å². The van der Waals surface area contributed by atoms with Crippen molar-refractivity contribution in [2.45, 2.75) is 39.2 Å². The number of aromatic nitrogens is 2. The maximum Gasteiger partial charge on any atom is 0.265 e. The van der Waals surface area contributed by atoms with Gasteiger partial charge in [-0.2, -0.15) is 0 Å². The first-order valence-corrected chi connectivity index (χ1v) is 6.19. The maximum absolute atomic E-state index is 12.1. The molecule has 0 aliphatic rings. The molecule has 1 rings (SSSR count). The number of nitrogens with one attached hydrogen (secondary N) is 1. The number of amidine groups is 1. The van der Waals surface area contributed by atoms with E-state index in [0.717, 1.165) is 11.5 Å². The number of hydrogen-bond donors (Lipinski definition) is 3. The van der Waals surface area contributed by atoms with Crippen LogP contribution >= 0.6 is 11.5 Å². The van der Waals surface area contributed by atoms with E-state index in [1.54, 1.807) is 13.8 Å². The van der Waals surface area contributed by atoms with Crippen LogP contribution in [0.3, 0.4) is 0 Å². The molecule has 1 aromatic heterocycles. The van der Waals surface area contributed by atoms with E-state index < -0.39 is 5.54 Å². The summed E-state index contributed by atoms with van der Waals surface area (Å²) in [6.45, 7) is 7.15. The fraction of sp³-hybridized carbons (Fsp3) is 0.600. The van der Waals surface area contributed by atoms with Gasteiger partial charge in [0, 0.05) is 0 Å². The van der Waals surface area contributed by atoms with E-state index in [2.05, 4.69) is 20.1 Å². The zero-order chi connectivity index (χ0) is 13.9. The molecule has 0 aliphatic carbocycles. The average Bonchev–Trinajstić information content (AvgIpc) is 2.76. The molecule has 0 atom stereocenters. The van der Waals surface area contributed by atoms with Gasteiger partial charge in [0.2, 0.25) is 0 Å². The van der Waals surface area contributed by atoms with Gasteiger partial charge in [-0.15, -0.1) is 5.10 Å². The lowest BCUT2D eigenvalue weighted by Gasteiger charge is -2.24. The van der Waals surface area contributed by atoms with E-state index in [9.17, 15) is 4.79 Å². The van der Waals surface area contributed by atoms with Gasteiger partial charge in [0.1, 0.15) is 4.88 Å². The van der Waals surface area contributed by atoms with E-state index >= 15 is 0 Å². The quantitative estimate of drug-likeness (QED) is 0.326. The Kier molecular flexibility index (Phi) is 4.23. The monoisotopic (exact) mass is 271 g/mol. The summed E-state index contributed by atoms with van der Waals surface area (Å²) < 4.78 is 3.78. The number of nitrogens with zero attached hydrogens (tertiary/aromatic N) is 3. The summed E-state index contributed by atoms with van der Waals surface area (Å²) in [5, 5.41) is 18.2. The molecule has 0 saturated carbocycles. The third kappa shape index (κ3) is 2.95. The molecule has 1 amide bonds. The van der Waals surface area contributed by atoms with Crippen molar-refractivity contribution in [1.29, 1.82) is 0 Å². The molecule has 4 N–H and O–H groups in total. The molecule has 0 saturated heterocycles. The molecular formula is C10H17N5O2S. The van der Waals surface area contributed by atoms with Gasteiger partial charge in [0.15, 0.2) is 5.84 Å². The molecule has 0 bridgehead atoms. The van der Waals surface area contributed by atoms with Gasteiger partial charge in [-0.3, -0.25) is 4.79 Å². The Hall–Kier alpha value is -1.70. The second kappa shape index (κ2) is 5.30. The van der Waals surface area contributed by atoms with Crippen LogP contribution in [0.5, 0.6) is 0 Å². The van der Waals surface area contributed by atoms with Crippen LogP contribution in [0.15, 0.2) is 5.16 Å². The number of carbonyl (C=O) groups is 1. The molecular weight excluding hydrogens is 254 g/mol. The third-order valence-electron chi connectivity index (χ3n) is 2.44. The summed E-state index contributed by atoms with van der Waals surface area (Å²) in [6.07, 6.45) is 0. The number of nitrogens with two attached hydrogens (primary N) is 1. The number of oxime groups is 1. The first-order chi connectivity index (χ1) is 8.29. The number of carbonyl (C=O) groups excluding carboxylic acids is 1. The lowest BCUT2D eigenvalue weighted by atomic mass is 10.0. The summed E-state index contributed by atoms with van der Waals surface area (Å²) in [5.41, 5.74) is 5.21. The van der Waals surface area contributed by atoms with Gasteiger partial charge in [-0.1, -0.05) is 23.5 Å². The van der Waals surface area contributed by atoms with Gasteiger partial charge < -0.3 is 16.3 Å². The highest BCUT2D eigenvalue weighted by molar-refractivity contribution is 7.08. The number of rotatable bonds is 4. The minimum atomic E-state index is -0.940. The molecule has 18 heavy (non-hydrogen) atoms. The van der Waals surface area contributed by atoms with E-state index in [1.165, 1.54) is 0 Å². The van der Waals surface area contributed by atoms with Gasteiger partial charge in [0.05, 0.1) is 11.2 Å². The maximum atomic E-state index is 12.1. The van der Waals surface area contributed by atoms with Gasteiger partial charge >= 0.3 is 0 Å². The highest BCUT2D eigenvalue weighted by Crippen LogP contribution is 2.20. The Morgan fingerprint density at radius 1 is 1.56 bits per heavy atom. The predicted octanol–water partition coefficient (Wildman–Crippen LogP) is 0.916. The Labute approximate surface area is 109 Å². The Balaban J connectivity index is 2.93. The van der Waals surface area contributed by atoms with Gasteiger partial charge in [-0.25, -0.2) is 0 Å². The molecule has 0 fully saturated rings. The van der Waals surface area contributed by atoms with Crippen molar-refractivity contribution >= 4 is 23.3 Å². The standard InChI is InChI=1S/C10H17N5O2S/c1-5(2)6-7(18-15-13-6)8(16)12-10(3,4)9(11)14-17/h5,17H,1-4H3,(H2,11,14)(H,12,16). The van der Waals surface area contributed by atoms with Gasteiger partial charge in [-0.05, 0) is 31.3 Å². The van der Waals surface area contributed by atoms with E-state index in [0.29, 0.717) is 10.6 Å². The van der Waals surface area contributed by atoms with Crippen LogP contribution in [-0.2, 0) is 0 Å². The molecule has 0 unspecified atom stereocenters. The molecule has 0 aliphatic heterocycles. The molecule has 0 aromatic carbocycles. The smallest absolute Gasteiger partial charge is 0.265 e. The van der Waals surface area contributed by atoms with Crippen molar-refractivity contribution in [3.8, 4) is 0 Å². The first-order valence-electron chi connectivity index (χ1n) is 5.42. The van der Waals surface area contributed by atoms with Crippen molar-refractivity contribution in [3.63, 3.8) is 0 Å². The highest BCUT2D eigenvalue weighted by atomic mass is 32.1. The van der Waals surface area contributed by atoms with Crippen LogP contribution < -0.4 is 11.1 Å². The van der Waals surface area contributed by atoms with Crippen LogP contribution in [0, 0.1) is 0 Å². The number of hydrogen-bond acceptors (Lipinski definition) is 6. The van der Waals surface area contributed by atoms with Gasteiger partial charge in [0.25, 0.3) is 5.91 Å². The zero-order valence-corrected chi connectivity index (χ0v) is 11.6. The fourth-order valence-electron chi connectivity index (χ4n) is 1.26. The highest BCUT2D eigenvalue weighted by Gasteiger charge is 2.28. The lowest BCUT2D eigenvalue weighted by molar-refractivity contribution is 0.0933. The SMILES string of the molecule is CC(C)c1nnsc1C(=O)NC(C)(C)C(N)=NO. The van der Waals surface area contributed by atoms with Crippen molar-refractivity contribution in [2.24, 2.45) is 10.9 Å². The Morgan fingerprint density at radius 3 is 2.67 bits per heavy atom. The predicted molar refractivity (Wildman–Crippen MR) is 69.0 cm³/mol. The van der Waals surface area contributed by atoms with Crippen LogP contribution in [-0.4, -0.2) is 32.1 Å². The first kappa shape index (κ1) is 14.4. The van der Waals surface area contributed by atoms with Crippen molar-refractivity contribution in [2.75, 3.05) is 0 Å². The zero-order valence-electron chi connectivity index (χ0n) is 10.8. The largest absolute Gasteiger partial charge is 0.409 e. The fourth-order valence-corrected chi connectivity index (χ4v) is 1.98. The average molecular weight is 271 g/mol. The summed E-state index contributed by atoms with van der Waals surface area (Å²) >= 11 is 1.03. The van der Waals surface area contributed by atoms with E-state index in [4.69, 9.17) is 10.9 Å². The van der Waals surface area contributed by atoms with Crippen molar-refractivity contribution < 1.29 is 10.0 Å². The Bertz CT molecular complexity index is 467. The minimum Gasteiger partial charge on any atom is -0.409 e. The molecule has 7 nitrogen and oxygen atoms in total. The Morgan fingerprint density at radius 2 is 2.17 bits per heavy atom. The lowest BCUT2D eigenvalue weighted by Crippen LogP contribution is -2.53.